The average Bonchev–Trinajstić information content (AvgIpc) is 2.51. The highest BCUT2D eigenvalue weighted by molar-refractivity contribution is 9.09. The van der Waals surface area contributed by atoms with Gasteiger partial charge < -0.3 is 10.1 Å². The van der Waals surface area contributed by atoms with Crippen molar-refractivity contribution in [1.82, 2.24) is 5.32 Å². The predicted molar refractivity (Wildman–Crippen MR) is 91.4 cm³/mol. The summed E-state index contributed by atoms with van der Waals surface area (Å²) < 4.78 is 5.56. The Morgan fingerprint density at radius 1 is 1.29 bits per heavy atom. The number of rotatable bonds is 10. The van der Waals surface area contributed by atoms with Gasteiger partial charge in [-0.2, -0.15) is 0 Å². The van der Waals surface area contributed by atoms with E-state index >= 15 is 0 Å². The number of benzene rings is 1. The highest BCUT2D eigenvalue weighted by atomic mass is 79.9. The lowest BCUT2D eigenvalue weighted by molar-refractivity contribution is 0.0945. The van der Waals surface area contributed by atoms with Gasteiger partial charge in [0.2, 0.25) is 0 Å². The van der Waals surface area contributed by atoms with Gasteiger partial charge in [0.1, 0.15) is 5.75 Å². The molecule has 4 heteroatoms. The molecule has 1 atom stereocenters. The van der Waals surface area contributed by atoms with Crippen LogP contribution in [0.15, 0.2) is 24.3 Å². The fourth-order valence-electron chi connectivity index (χ4n) is 2.20. The first-order chi connectivity index (χ1) is 10.2. The summed E-state index contributed by atoms with van der Waals surface area (Å²) in [6, 6.07) is 7.39. The molecule has 118 valence electrons. The van der Waals surface area contributed by atoms with Crippen LogP contribution in [0.4, 0.5) is 0 Å². The molecule has 1 N–H and O–H groups in total. The summed E-state index contributed by atoms with van der Waals surface area (Å²) in [6.45, 7) is 5.65. The second-order valence-corrected chi connectivity index (χ2v) is 6.01. The zero-order chi connectivity index (χ0) is 15.5. The van der Waals surface area contributed by atoms with E-state index in [-0.39, 0.29) is 5.91 Å². The number of carbonyl (C=O) groups excluding carboxylic acids is 1. The summed E-state index contributed by atoms with van der Waals surface area (Å²) >= 11 is 3.48. The highest BCUT2D eigenvalue weighted by Crippen LogP contribution is 2.15. The lowest BCUT2D eigenvalue weighted by atomic mass is 10.0. The minimum atomic E-state index is -0.0207. The summed E-state index contributed by atoms with van der Waals surface area (Å²) in [5, 5.41) is 4.02. The number of nitrogens with one attached hydrogen (secondary N) is 1. The van der Waals surface area contributed by atoms with E-state index < -0.39 is 0 Å². The monoisotopic (exact) mass is 355 g/mol. The fraction of sp³-hybridized carbons (Fsp3) is 0.588. The minimum absolute atomic E-state index is 0.0207. The van der Waals surface area contributed by atoms with Gasteiger partial charge in [0.15, 0.2) is 0 Å². The third-order valence-corrected chi connectivity index (χ3v) is 3.79. The van der Waals surface area contributed by atoms with Crippen LogP contribution in [0, 0.1) is 5.92 Å². The Bertz CT molecular complexity index is 417. The first-order valence-corrected chi connectivity index (χ1v) is 8.90. The van der Waals surface area contributed by atoms with E-state index in [1.807, 2.05) is 24.3 Å². The van der Waals surface area contributed by atoms with Crippen LogP contribution < -0.4 is 10.1 Å². The van der Waals surface area contributed by atoms with Crippen molar-refractivity contribution < 1.29 is 9.53 Å². The molecule has 1 amide bonds. The average molecular weight is 356 g/mol. The van der Waals surface area contributed by atoms with Crippen molar-refractivity contribution in [3.63, 3.8) is 0 Å². The zero-order valence-corrected chi connectivity index (χ0v) is 14.6. The van der Waals surface area contributed by atoms with Crippen molar-refractivity contribution in [1.29, 1.82) is 0 Å². The van der Waals surface area contributed by atoms with Gasteiger partial charge in [-0.3, -0.25) is 4.79 Å². The molecule has 0 heterocycles. The van der Waals surface area contributed by atoms with Crippen molar-refractivity contribution in [3.8, 4) is 5.75 Å². The normalized spacial score (nSPS) is 12.0. The first-order valence-electron chi connectivity index (χ1n) is 7.78. The van der Waals surface area contributed by atoms with Gasteiger partial charge in [-0.25, -0.2) is 0 Å². The fourth-order valence-corrected chi connectivity index (χ4v) is 2.84. The van der Waals surface area contributed by atoms with E-state index in [4.69, 9.17) is 4.74 Å². The van der Waals surface area contributed by atoms with Crippen LogP contribution in [0.3, 0.4) is 0 Å². The lowest BCUT2D eigenvalue weighted by Crippen LogP contribution is -2.29. The number of ether oxygens (including phenoxy) is 1. The van der Waals surface area contributed by atoms with Gasteiger partial charge in [0, 0.05) is 17.4 Å². The summed E-state index contributed by atoms with van der Waals surface area (Å²) in [5.74, 6) is 1.28. The molecule has 0 bridgehead atoms. The molecule has 0 saturated carbocycles. The predicted octanol–water partition coefficient (Wildman–Crippen LogP) is 4.41. The minimum Gasteiger partial charge on any atom is -0.494 e. The molecule has 3 nitrogen and oxygen atoms in total. The third kappa shape index (κ3) is 6.98. The van der Waals surface area contributed by atoms with E-state index in [1.54, 1.807) is 0 Å². The van der Waals surface area contributed by atoms with Crippen molar-refractivity contribution in [2.45, 2.75) is 39.5 Å². The summed E-state index contributed by atoms with van der Waals surface area (Å²) in [5.41, 5.74) is 0.665. The second kappa shape index (κ2) is 10.7. The second-order valence-electron chi connectivity index (χ2n) is 5.22. The maximum absolute atomic E-state index is 12.2. The molecule has 0 aromatic heterocycles. The summed E-state index contributed by atoms with van der Waals surface area (Å²) in [4.78, 5) is 12.2. The molecule has 1 aromatic rings. The Hall–Kier alpha value is -1.03. The Morgan fingerprint density at radius 2 is 2.10 bits per heavy atom. The van der Waals surface area contributed by atoms with Crippen LogP contribution in [0.1, 0.15) is 49.9 Å². The molecule has 21 heavy (non-hydrogen) atoms. The van der Waals surface area contributed by atoms with Gasteiger partial charge in [0.25, 0.3) is 5.91 Å². The molecule has 0 spiro atoms. The molecule has 0 fully saturated rings. The van der Waals surface area contributed by atoms with Crippen LogP contribution in [0.2, 0.25) is 0 Å². The molecule has 0 aliphatic heterocycles. The number of halogens is 1. The maximum atomic E-state index is 12.2. The number of hydrogen-bond acceptors (Lipinski definition) is 2. The van der Waals surface area contributed by atoms with E-state index in [0.29, 0.717) is 18.1 Å². The van der Waals surface area contributed by atoms with Gasteiger partial charge in [-0.15, -0.1) is 0 Å². The largest absolute Gasteiger partial charge is 0.494 e. The van der Waals surface area contributed by atoms with Crippen LogP contribution in [0.5, 0.6) is 5.75 Å². The number of carbonyl (C=O) groups is 1. The molecule has 1 rings (SSSR count). The van der Waals surface area contributed by atoms with Crippen LogP contribution in [-0.4, -0.2) is 24.4 Å². The van der Waals surface area contributed by atoms with Gasteiger partial charge in [-0.1, -0.05) is 42.3 Å². The summed E-state index contributed by atoms with van der Waals surface area (Å²) in [7, 11) is 0. The SMILES string of the molecule is CCCOc1cccc(C(=O)NCC(CCC)CCBr)c1. The number of amides is 1. The molecule has 0 saturated heterocycles. The van der Waals surface area contributed by atoms with E-state index in [0.717, 1.165) is 43.3 Å². The van der Waals surface area contributed by atoms with Crippen LogP contribution in [0.25, 0.3) is 0 Å². The highest BCUT2D eigenvalue weighted by Gasteiger charge is 2.11. The smallest absolute Gasteiger partial charge is 0.251 e. The Labute approximate surface area is 136 Å². The summed E-state index contributed by atoms with van der Waals surface area (Å²) in [6.07, 6.45) is 4.34. The zero-order valence-electron chi connectivity index (χ0n) is 13.0. The maximum Gasteiger partial charge on any atom is 0.251 e. The van der Waals surface area contributed by atoms with Gasteiger partial charge in [0.05, 0.1) is 6.61 Å². The first kappa shape index (κ1) is 18.0. The van der Waals surface area contributed by atoms with Crippen molar-refractivity contribution in [2.24, 2.45) is 5.92 Å². The standard InChI is InChI=1S/C17H26BrNO2/c1-3-6-14(9-10-18)13-19-17(20)15-7-5-8-16(12-15)21-11-4-2/h5,7-8,12,14H,3-4,6,9-11,13H2,1-2H3,(H,19,20). The van der Waals surface area contributed by atoms with E-state index in [9.17, 15) is 4.79 Å². The Morgan fingerprint density at radius 3 is 2.76 bits per heavy atom. The van der Waals surface area contributed by atoms with Gasteiger partial charge >= 0.3 is 0 Å². The molecular weight excluding hydrogens is 330 g/mol. The molecule has 1 unspecified atom stereocenters. The van der Waals surface area contributed by atoms with E-state index in [1.165, 1.54) is 0 Å². The molecule has 1 aromatic carbocycles. The molecule has 0 radical (unpaired) electrons. The quantitative estimate of drug-likeness (QED) is 0.631. The number of hydrogen-bond donors (Lipinski definition) is 1. The lowest BCUT2D eigenvalue weighted by Gasteiger charge is -2.16. The van der Waals surface area contributed by atoms with Crippen molar-refractivity contribution in [3.05, 3.63) is 29.8 Å². The Balaban J connectivity index is 2.54. The number of alkyl halides is 1. The van der Waals surface area contributed by atoms with Crippen LogP contribution in [-0.2, 0) is 0 Å². The van der Waals surface area contributed by atoms with Gasteiger partial charge in [-0.05, 0) is 43.4 Å². The van der Waals surface area contributed by atoms with Crippen LogP contribution >= 0.6 is 15.9 Å². The Kier molecular flexibility index (Phi) is 9.15. The molecule has 0 aliphatic carbocycles. The third-order valence-electron chi connectivity index (χ3n) is 3.33. The van der Waals surface area contributed by atoms with Crippen molar-refractivity contribution in [2.75, 3.05) is 18.5 Å². The molecular formula is C17H26BrNO2. The topological polar surface area (TPSA) is 38.3 Å². The van der Waals surface area contributed by atoms with Crippen molar-refractivity contribution >= 4 is 21.8 Å². The molecule has 0 aliphatic rings. The van der Waals surface area contributed by atoms with E-state index in [2.05, 4.69) is 35.1 Å².